The molecule has 2 aliphatic heterocycles. The van der Waals surface area contributed by atoms with Gasteiger partial charge >= 0.3 is 0 Å². The number of aryl methyl sites for hydroxylation is 2. The van der Waals surface area contributed by atoms with Gasteiger partial charge in [0.1, 0.15) is 13.1 Å². The van der Waals surface area contributed by atoms with Crippen LogP contribution in [-0.2, 0) is 9.53 Å². The molecule has 2 aromatic rings. The topological polar surface area (TPSA) is 63.4 Å². The number of para-hydroxylation sites is 1. The lowest BCUT2D eigenvalue weighted by Gasteiger charge is -2.32. The summed E-state index contributed by atoms with van der Waals surface area (Å²) in [6, 6.07) is 13.2. The van der Waals surface area contributed by atoms with E-state index in [1.165, 1.54) is 4.90 Å². The van der Waals surface area contributed by atoms with Gasteiger partial charge < -0.3 is 9.64 Å². The lowest BCUT2D eigenvalue weighted by Crippen LogP contribution is -3.14. The number of rotatable bonds is 6. The van der Waals surface area contributed by atoms with Gasteiger partial charge in [0.2, 0.25) is 5.91 Å². The SMILES string of the molecule is Cc1cccc(C)c1N1C(=O)c2ccccc2[C@@H](C=NCCC[NH+]2CCOCC2)C1=O. The summed E-state index contributed by atoms with van der Waals surface area (Å²) in [6.45, 7) is 9.34. The number of nitrogens with one attached hydrogen (secondary N) is 1. The van der Waals surface area contributed by atoms with Crippen LogP contribution in [0.1, 0.15) is 39.4 Å². The predicted octanol–water partition coefficient (Wildman–Crippen LogP) is 1.95. The van der Waals surface area contributed by atoms with Gasteiger partial charge in [0, 0.05) is 24.7 Å². The number of benzene rings is 2. The van der Waals surface area contributed by atoms with Crippen LogP contribution in [0.3, 0.4) is 0 Å². The molecule has 31 heavy (non-hydrogen) atoms. The fraction of sp³-hybridized carbons (Fsp3) is 0.400. The van der Waals surface area contributed by atoms with Gasteiger partial charge in [-0.3, -0.25) is 14.6 Å². The van der Waals surface area contributed by atoms with Crippen molar-refractivity contribution in [3.05, 3.63) is 64.7 Å². The molecule has 0 radical (unpaired) electrons. The summed E-state index contributed by atoms with van der Waals surface area (Å²) < 4.78 is 5.40. The van der Waals surface area contributed by atoms with Crippen molar-refractivity contribution < 1.29 is 19.2 Å². The van der Waals surface area contributed by atoms with E-state index in [1.54, 1.807) is 17.2 Å². The number of amides is 2. The van der Waals surface area contributed by atoms with Crippen molar-refractivity contribution in [2.75, 3.05) is 44.3 Å². The summed E-state index contributed by atoms with van der Waals surface area (Å²) in [5.41, 5.74) is 3.80. The van der Waals surface area contributed by atoms with E-state index in [4.69, 9.17) is 4.74 Å². The quantitative estimate of drug-likeness (QED) is 0.441. The average molecular weight is 421 g/mol. The highest BCUT2D eigenvalue weighted by Gasteiger charge is 2.39. The Morgan fingerprint density at radius 1 is 1.06 bits per heavy atom. The smallest absolute Gasteiger partial charge is 0.265 e. The molecular formula is C25H30N3O3+. The molecule has 0 bridgehead atoms. The molecule has 1 N–H and O–H groups in total. The molecule has 2 aromatic carbocycles. The number of aliphatic imine (C=N–C) groups is 1. The number of quaternary nitrogens is 1. The highest BCUT2D eigenvalue weighted by Crippen LogP contribution is 2.35. The summed E-state index contributed by atoms with van der Waals surface area (Å²) in [4.78, 5) is 34.3. The zero-order chi connectivity index (χ0) is 21.8. The van der Waals surface area contributed by atoms with Crippen LogP contribution in [0.5, 0.6) is 0 Å². The number of hydrogen-bond donors (Lipinski definition) is 1. The number of fused-ring (bicyclic) bond motifs is 1. The number of morpholine rings is 1. The van der Waals surface area contributed by atoms with Gasteiger partial charge in [0.05, 0.1) is 31.4 Å². The van der Waals surface area contributed by atoms with Crippen LogP contribution in [0.25, 0.3) is 0 Å². The Balaban J connectivity index is 1.55. The van der Waals surface area contributed by atoms with Crippen molar-refractivity contribution in [2.24, 2.45) is 4.99 Å². The first-order chi connectivity index (χ1) is 15.1. The van der Waals surface area contributed by atoms with Gasteiger partial charge in [0.25, 0.3) is 5.91 Å². The first kappa shape index (κ1) is 21.4. The Morgan fingerprint density at radius 3 is 2.52 bits per heavy atom. The second kappa shape index (κ2) is 9.54. The van der Waals surface area contributed by atoms with Gasteiger partial charge in [0.15, 0.2) is 0 Å². The maximum Gasteiger partial charge on any atom is 0.265 e. The minimum atomic E-state index is -0.552. The molecule has 1 atom stereocenters. The van der Waals surface area contributed by atoms with Crippen LogP contribution in [0.15, 0.2) is 47.5 Å². The van der Waals surface area contributed by atoms with E-state index in [0.717, 1.165) is 56.0 Å². The Bertz CT molecular complexity index is 975. The Hall–Kier alpha value is -2.83. The van der Waals surface area contributed by atoms with E-state index in [1.807, 2.05) is 50.2 Å². The van der Waals surface area contributed by atoms with Crippen molar-refractivity contribution in [3.8, 4) is 0 Å². The van der Waals surface area contributed by atoms with Crippen molar-refractivity contribution in [1.82, 2.24) is 0 Å². The molecule has 1 saturated heterocycles. The summed E-state index contributed by atoms with van der Waals surface area (Å²) in [6.07, 6.45) is 2.71. The first-order valence-electron chi connectivity index (χ1n) is 11.0. The largest absolute Gasteiger partial charge is 0.370 e. The molecule has 0 aliphatic carbocycles. The van der Waals surface area contributed by atoms with Crippen LogP contribution in [0, 0.1) is 13.8 Å². The third-order valence-corrected chi connectivity index (χ3v) is 6.15. The molecule has 0 aromatic heterocycles. The zero-order valence-electron chi connectivity index (χ0n) is 18.3. The summed E-state index contributed by atoms with van der Waals surface area (Å²) >= 11 is 0. The lowest BCUT2D eigenvalue weighted by molar-refractivity contribution is -0.908. The molecule has 0 unspecified atom stereocenters. The number of ether oxygens (including phenoxy) is 1. The molecule has 2 aliphatic rings. The maximum atomic E-state index is 13.5. The minimum absolute atomic E-state index is 0.233. The molecule has 2 amide bonds. The van der Waals surface area contributed by atoms with E-state index in [-0.39, 0.29) is 11.8 Å². The molecule has 6 nitrogen and oxygen atoms in total. The third kappa shape index (κ3) is 4.45. The second-order valence-corrected chi connectivity index (χ2v) is 8.31. The molecule has 0 spiro atoms. The van der Waals surface area contributed by atoms with E-state index in [0.29, 0.717) is 17.8 Å². The molecule has 0 saturated carbocycles. The fourth-order valence-corrected chi connectivity index (χ4v) is 4.48. The van der Waals surface area contributed by atoms with Crippen LogP contribution in [0.2, 0.25) is 0 Å². The van der Waals surface area contributed by atoms with Crippen LogP contribution in [0.4, 0.5) is 5.69 Å². The predicted molar refractivity (Wildman–Crippen MR) is 121 cm³/mol. The van der Waals surface area contributed by atoms with Gasteiger partial charge in [-0.1, -0.05) is 36.4 Å². The molecule has 4 rings (SSSR count). The zero-order valence-corrected chi connectivity index (χ0v) is 18.3. The second-order valence-electron chi connectivity index (χ2n) is 8.31. The third-order valence-electron chi connectivity index (χ3n) is 6.15. The molecule has 2 heterocycles. The minimum Gasteiger partial charge on any atom is -0.370 e. The van der Waals surface area contributed by atoms with Crippen molar-refractivity contribution in [1.29, 1.82) is 0 Å². The lowest BCUT2D eigenvalue weighted by atomic mass is 9.88. The number of imide groups is 1. The van der Waals surface area contributed by atoms with E-state index in [2.05, 4.69) is 4.99 Å². The normalized spacial score (nSPS) is 19.8. The standard InChI is InChI=1S/C25H29N3O3/c1-18-7-5-8-19(2)23(18)28-24(29)21-10-4-3-9-20(21)22(25(28)30)17-26-11-6-12-27-13-15-31-16-14-27/h3-5,7-10,17,22H,6,11-16H2,1-2H3/p+1/t22-/m1/s1. The number of nitrogens with zero attached hydrogens (tertiary/aromatic N) is 2. The first-order valence-corrected chi connectivity index (χ1v) is 11.0. The van der Waals surface area contributed by atoms with Crippen LogP contribution in [-0.4, -0.2) is 57.4 Å². The monoisotopic (exact) mass is 420 g/mol. The van der Waals surface area contributed by atoms with Crippen molar-refractivity contribution in [3.63, 3.8) is 0 Å². The van der Waals surface area contributed by atoms with Gasteiger partial charge in [-0.2, -0.15) is 0 Å². The Labute approximate surface area is 183 Å². The van der Waals surface area contributed by atoms with Gasteiger partial charge in [-0.05, 0) is 36.6 Å². The molecule has 6 heteroatoms. The average Bonchev–Trinajstić information content (AvgIpc) is 2.78. The van der Waals surface area contributed by atoms with Crippen LogP contribution >= 0.6 is 0 Å². The van der Waals surface area contributed by atoms with E-state index in [9.17, 15) is 9.59 Å². The highest BCUT2D eigenvalue weighted by atomic mass is 16.5. The number of carbonyl (C=O) groups excluding carboxylic acids is 2. The Morgan fingerprint density at radius 2 is 1.77 bits per heavy atom. The molecule has 162 valence electrons. The van der Waals surface area contributed by atoms with Crippen LogP contribution < -0.4 is 9.80 Å². The summed E-state index contributed by atoms with van der Waals surface area (Å²) in [7, 11) is 0. The Kier molecular flexibility index (Phi) is 6.59. The molecule has 1 fully saturated rings. The van der Waals surface area contributed by atoms with Gasteiger partial charge in [-0.25, -0.2) is 4.90 Å². The maximum absolute atomic E-state index is 13.5. The summed E-state index contributed by atoms with van der Waals surface area (Å²) in [5.74, 6) is -1.05. The fourth-order valence-electron chi connectivity index (χ4n) is 4.48. The number of carbonyl (C=O) groups is 2. The van der Waals surface area contributed by atoms with Crippen molar-refractivity contribution in [2.45, 2.75) is 26.2 Å². The number of anilines is 1. The number of hydrogen-bond acceptors (Lipinski definition) is 4. The van der Waals surface area contributed by atoms with E-state index < -0.39 is 5.92 Å². The molecular weight excluding hydrogens is 390 g/mol. The summed E-state index contributed by atoms with van der Waals surface area (Å²) in [5, 5.41) is 0. The van der Waals surface area contributed by atoms with E-state index >= 15 is 0 Å². The highest BCUT2D eigenvalue weighted by molar-refractivity contribution is 6.29. The van der Waals surface area contributed by atoms with Gasteiger partial charge in [-0.15, -0.1) is 0 Å². The van der Waals surface area contributed by atoms with Crippen molar-refractivity contribution >= 4 is 23.7 Å².